The van der Waals surface area contributed by atoms with Gasteiger partial charge in [0.25, 0.3) is 0 Å². The molecule has 1 atom stereocenters. The maximum Gasteiger partial charge on any atom is 0.158 e. The van der Waals surface area contributed by atoms with Crippen LogP contribution in [0, 0.1) is 0 Å². The molecule has 0 aromatic carbocycles. The first-order valence-electron chi connectivity index (χ1n) is 5.74. The molecule has 1 heterocycles. The van der Waals surface area contributed by atoms with Crippen LogP contribution in [0.25, 0.3) is 0 Å². The van der Waals surface area contributed by atoms with Crippen LogP contribution in [0.15, 0.2) is 0 Å². The molecule has 2 N–H and O–H groups in total. The zero-order chi connectivity index (χ0) is 12.0. The standard InChI is InChI=1S/C11H24N2O2S/c1-11(9-12,8-10(14-2)15-3)13-4-6-16-7-5-13/h10H,4-9,12H2,1-3H3. The second kappa shape index (κ2) is 6.81. The lowest BCUT2D eigenvalue weighted by Gasteiger charge is -2.43. The number of hydrogen-bond acceptors (Lipinski definition) is 5. The molecule has 16 heavy (non-hydrogen) atoms. The Balaban J connectivity index is 2.59. The smallest absolute Gasteiger partial charge is 0.158 e. The fourth-order valence-electron chi connectivity index (χ4n) is 2.07. The van der Waals surface area contributed by atoms with E-state index in [0.717, 1.165) is 19.5 Å². The van der Waals surface area contributed by atoms with E-state index in [4.69, 9.17) is 15.2 Å². The van der Waals surface area contributed by atoms with Crippen LogP contribution in [0.2, 0.25) is 0 Å². The van der Waals surface area contributed by atoms with Gasteiger partial charge in [-0.3, -0.25) is 4.90 Å². The van der Waals surface area contributed by atoms with Crippen LogP contribution in [0.4, 0.5) is 0 Å². The van der Waals surface area contributed by atoms with Crippen molar-refractivity contribution >= 4 is 11.8 Å². The highest BCUT2D eigenvalue weighted by Crippen LogP contribution is 2.25. The summed E-state index contributed by atoms with van der Waals surface area (Å²) in [6.07, 6.45) is 0.657. The Bertz CT molecular complexity index is 196. The lowest BCUT2D eigenvalue weighted by Crippen LogP contribution is -2.56. The molecule has 0 aromatic rings. The second-order valence-electron chi connectivity index (χ2n) is 4.41. The summed E-state index contributed by atoms with van der Waals surface area (Å²) in [5.74, 6) is 2.39. The van der Waals surface area contributed by atoms with Crippen molar-refractivity contribution in [2.24, 2.45) is 5.73 Å². The third-order valence-electron chi connectivity index (χ3n) is 3.35. The van der Waals surface area contributed by atoms with Crippen LogP contribution in [0.5, 0.6) is 0 Å². The molecule has 4 nitrogen and oxygen atoms in total. The summed E-state index contributed by atoms with van der Waals surface area (Å²) >= 11 is 2.01. The second-order valence-corrected chi connectivity index (χ2v) is 5.63. The average Bonchev–Trinajstić information content (AvgIpc) is 2.36. The van der Waals surface area contributed by atoms with Crippen LogP contribution in [0.1, 0.15) is 13.3 Å². The van der Waals surface area contributed by atoms with Crippen molar-refractivity contribution in [2.75, 3.05) is 45.4 Å². The summed E-state index contributed by atoms with van der Waals surface area (Å²) in [6, 6.07) is 0. The van der Waals surface area contributed by atoms with Crippen LogP contribution in [-0.4, -0.2) is 62.1 Å². The lowest BCUT2D eigenvalue weighted by atomic mass is 9.95. The van der Waals surface area contributed by atoms with Gasteiger partial charge in [-0.05, 0) is 6.92 Å². The molecule has 0 aromatic heterocycles. The number of rotatable bonds is 6. The molecule has 96 valence electrons. The van der Waals surface area contributed by atoms with Crippen LogP contribution in [0.3, 0.4) is 0 Å². The van der Waals surface area contributed by atoms with Gasteiger partial charge in [0.2, 0.25) is 0 Å². The lowest BCUT2D eigenvalue weighted by molar-refractivity contribution is -0.128. The first kappa shape index (κ1) is 14.3. The monoisotopic (exact) mass is 248 g/mol. The van der Waals surface area contributed by atoms with Gasteiger partial charge in [0, 0.05) is 57.3 Å². The first-order chi connectivity index (χ1) is 7.66. The number of ether oxygens (including phenoxy) is 2. The van der Waals surface area contributed by atoms with Crippen molar-refractivity contribution in [1.82, 2.24) is 4.90 Å². The summed E-state index contributed by atoms with van der Waals surface area (Å²) in [5, 5.41) is 0. The van der Waals surface area contributed by atoms with E-state index < -0.39 is 0 Å². The van der Waals surface area contributed by atoms with E-state index in [0.29, 0.717) is 6.54 Å². The summed E-state index contributed by atoms with van der Waals surface area (Å²) in [4.78, 5) is 2.47. The van der Waals surface area contributed by atoms with Gasteiger partial charge in [-0.2, -0.15) is 11.8 Å². The highest BCUT2D eigenvalue weighted by molar-refractivity contribution is 7.99. The number of hydrogen-bond donors (Lipinski definition) is 1. The van der Waals surface area contributed by atoms with Crippen molar-refractivity contribution in [3.05, 3.63) is 0 Å². The van der Waals surface area contributed by atoms with E-state index in [1.807, 2.05) is 11.8 Å². The number of nitrogens with two attached hydrogens (primary N) is 1. The molecule has 0 radical (unpaired) electrons. The first-order valence-corrected chi connectivity index (χ1v) is 6.90. The third kappa shape index (κ3) is 3.60. The molecule has 0 bridgehead atoms. The number of methoxy groups -OCH3 is 2. The van der Waals surface area contributed by atoms with E-state index in [1.165, 1.54) is 11.5 Å². The van der Waals surface area contributed by atoms with Crippen LogP contribution < -0.4 is 5.73 Å². The van der Waals surface area contributed by atoms with Gasteiger partial charge in [0.05, 0.1) is 0 Å². The molecule has 0 saturated carbocycles. The predicted octanol–water partition coefficient (Wildman–Crippen LogP) is 0.762. The fraction of sp³-hybridized carbons (Fsp3) is 1.00. The Kier molecular flexibility index (Phi) is 6.07. The van der Waals surface area contributed by atoms with E-state index in [-0.39, 0.29) is 11.8 Å². The normalized spacial score (nSPS) is 22.3. The third-order valence-corrected chi connectivity index (χ3v) is 4.29. The number of nitrogens with zero attached hydrogens (tertiary/aromatic N) is 1. The fourth-order valence-corrected chi connectivity index (χ4v) is 2.97. The number of thioether (sulfide) groups is 1. The molecule has 1 aliphatic heterocycles. The highest BCUT2D eigenvalue weighted by atomic mass is 32.2. The largest absolute Gasteiger partial charge is 0.356 e. The molecule has 0 aliphatic carbocycles. The molecule has 1 saturated heterocycles. The molecule has 1 fully saturated rings. The van der Waals surface area contributed by atoms with Gasteiger partial charge in [-0.15, -0.1) is 0 Å². The molecule has 1 unspecified atom stereocenters. The van der Waals surface area contributed by atoms with Crippen LogP contribution >= 0.6 is 11.8 Å². The summed E-state index contributed by atoms with van der Waals surface area (Å²) in [5.41, 5.74) is 5.92. The minimum atomic E-state index is -0.164. The predicted molar refractivity (Wildman–Crippen MR) is 68.8 cm³/mol. The summed E-state index contributed by atoms with van der Waals surface area (Å²) < 4.78 is 10.6. The van der Waals surface area contributed by atoms with Crippen molar-refractivity contribution in [2.45, 2.75) is 25.2 Å². The Morgan fingerprint density at radius 3 is 2.31 bits per heavy atom. The van der Waals surface area contributed by atoms with Crippen molar-refractivity contribution in [3.8, 4) is 0 Å². The quantitative estimate of drug-likeness (QED) is 0.703. The van der Waals surface area contributed by atoms with Gasteiger partial charge in [-0.1, -0.05) is 0 Å². The van der Waals surface area contributed by atoms with Crippen molar-refractivity contribution in [1.29, 1.82) is 0 Å². The van der Waals surface area contributed by atoms with Crippen molar-refractivity contribution < 1.29 is 9.47 Å². The topological polar surface area (TPSA) is 47.7 Å². The maximum absolute atomic E-state index is 5.94. The molecule has 0 amide bonds. The highest BCUT2D eigenvalue weighted by Gasteiger charge is 2.34. The zero-order valence-electron chi connectivity index (χ0n) is 10.6. The van der Waals surface area contributed by atoms with Gasteiger partial charge in [0.1, 0.15) is 0 Å². The molecule has 1 rings (SSSR count). The van der Waals surface area contributed by atoms with Gasteiger partial charge in [-0.25, -0.2) is 0 Å². The van der Waals surface area contributed by atoms with E-state index in [2.05, 4.69) is 11.8 Å². The van der Waals surface area contributed by atoms with E-state index in [1.54, 1.807) is 14.2 Å². The Morgan fingerprint density at radius 2 is 1.88 bits per heavy atom. The molecule has 1 aliphatic rings. The zero-order valence-corrected chi connectivity index (χ0v) is 11.4. The van der Waals surface area contributed by atoms with Crippen molar-refractivity contribution in [3.63, 3.8) is 0 Å². The van der Waals surface area contributed by atoms with E-state index >= 15 is 0 Å². The molecule has 5 heteroatoms. The Morgan fingerprint density at radius 1 is 1.31 bits per heavy atom. The minimum Gasteiger partial charge on any atom is -0.356 e. The summed E-state index contributed by atoms with van der Waals surface area (Å²) in [7, 11) is 3.36. The molecular formula is C11H24N2O2S. The van der Waals surface area contributed by atoms with Gasteiger partial charge >= 0.3 is 0 Å². The van der Waals surface area contributed by atoms with E-state index in [9.17, 15) is 0 Å². The van der Waals surface area contributed by atoms with Gasteiger partial charge in [0.15, 0.2) is 6.29 Å². The molecular weight excluding hydrogens is 224 g/mol. The average molecular weight is 248 g/mol. The SMILES string of the molecule is COC(CC(C)(CN)N1CCSCC1)OC. The Labute approximate surface area is 103 Å². The summed E-state index contributed by atoms with van der Waals surface area (Å²) in [6.45, 7) is 5.06. The molecule has 0 spiro atoms. The Hall–Kier alpha value is 0.190. The minimum absolute atomic E-state index is 0.0162. The maximum atomic E-state index is 5.94. The van der Waals surface area contributed by atoms with Gasteiger partial charge < -0.3 is 15.2 Å². The van der Waals surface area contributed by atoms with Crippen LogP contribution in [-0.2, 0) is 9.47 Å².